The Morgan fingerprint density at radius 2 is 1.77 bits per heavy atom. The lowest BCUT2D eigenvalue weighted by atomic mass is 10.2. The maximum absolute atomic E-state index is 13.0. The number of rotatable bonds is 4. The maximum Gasteiger partial charge on any atom is 0.348 e. The average molecular weight is 340 g/mol. The van der Waals surface area contributed by atoms with Gasteiger partial charge in [-0.1, -0.05) is 23.7 Å². The molecule has 2 aromatic rings. The molecule has 0 fully saturated rings. The summed E-state index contributed by atoms with van der Waals surface area (Å²) in [4.78, 5) is 11.4. The van der Waals surface area contributed by atoms with E-state index in [4.69, 9.17) is 22.4 Å². The highest BCUT2D eigenvalue weighted by Gasteiger charge is 2.14. The summed E-state index contributed by atoms with van der Waals surface area (Å²) in [5.41, 5.74) is 6.19. The van der Waals surface area contributed by atoms with Crippen LogP contribution in [0.15, 0.2) is 57.8 Å². The molecule has 8 heteroatoms. The van der Waals surface area contributed by atoms with Gasteiger partial charge in [-0.25, -0.2) is 9.00 Å². The van der Waals surface area contributed by atoms with Crippen molar-refractivity contribution in [3.05, 3.63) is 59.1 Å². The van der Waals surface area contributed by atoms with E-state index in [2.05, 4.69) is 9.08 Å². The van der Waals surface area contributed by atoms with Crippen LogP contribution in [-0.2, 0) is 16.5 Å². The standard InChI is InChI=1S/C14H14ClN3O3S/c15-11-3-5-12(6-4-11)17-22(21,18-14(16)20)13-7-1-10(9-19)2-8-13/h1-8,19H,9H2,(H3,16,17,18,20,21). The first-order valence-corrected chi connectivity index (χ1v) is 8.12. The Morgan fingerprint density at radius 3 is 2.27 bits per heavy atom. The fourth-order valence-corrected chi connectivity index (χ4v) is 3.33. The number of nitrogens with one attached hydrogen (secondary N) is 1. The summed E-state index contributed by atoms with van der Waals surface area (Å²) in [7, 11) is -3.28. The first-order chi connectivity index (χ1) is 10.4. The molecule has 22 heavy (non-hydrogen) atoms. The van der Waals surface area contributed by atoms with Gasteiger partial charge in [-0.2, -0.15) is 0 Å². The van der Waals surface area contributed by atoms with E-state index in [-0.39, 0.29) is 11.5 Å². The van der Waals surface area contributed by atoms with Gasteiger partial charge >= 0.3 is 6.03 Å². The Kier molecular flexibility index (Phi) is 5.02. The minimum atomic E-state index is -3.28. The molecule has 1 unspecified atom stereocenters. The quantitative estimate of drug-likeness (QED) is 0.797. The van der Waals surface area contributed by atoms with Crippen LogP contribution in [0.3, 0.4) is 0 Å². The molecule has 0 saturated carbocycles. The number of anilines is 1. The number of aliphatic hydroxyl groups is 1. The van der Waals surface area contributed by atoms with Gasteiger partial charge in [0.25, 0.3) is 0 Å². The summed E-state index contributed by atoms with van der Waals surface area (Å²) < 4.78 is 19.2. The lowest BCUT2D eigenvalue weighted by Crippen LogP contribution is -2.17. The van der Waals surface area contributed by atoms with Crippen LogP contribution in [0.1, 0.15) is 5.56 Å². The van der Waals surface area contributed by atoms with Gasteiger partial charge < -0.3 is 10.8 Å². The molecule has 2 rings (SSSR count). The molecule has 0 bridgehead atoms. The first kappa shape index (κ1) is 16.3. The highest BCUT2D eigenvalue weighted by molar-refractivity contribution is 7.95. The molecule has 2 amide bonds. The molecule has 4 N–H and O–H groups in total. The Hall–Kier alpha value is -2.09. The van der Waals surface area contributed by atoms with E-state index in [1.165, 1.54) is 12.1 Å². The Labute approximate surface area is 133 Å². The summed E-state index contributed by atoms with van der Waals surface area (Å²) in [6.45, 7) is -0.140. The van der Waals surface area contributed by atoms with Gasteiger partial charge in [0.05, 0.1) is 11.5 Å². The molecule has 0 heterocycles. The topological polar surface area (TPSA) is 105 Å². The number of carbonyl (C=O) groups is 1. The second-order valence-electron chi connectivity index (χ2n) is 4.37. The zero-order valence-corrected chi connectivity index (χ0v) is 13.0. The van der Waals surface area contributed by atoms with Crippen LogP contribution in [-0.4, -0.2) is 15.3 Å². The fraction of sp³-hybridized carbons (Fsp3) is 0.0714. The number of hydrogen-bond donors (Lipinski definition) is 3. The van der Waals surface area contributed by atoms with E-state index in [0.29, 0.717) is 16.3 Å². The van der Waals surface area contributed by atoms with Crippen molar-refractivity contribution in [1.29, 1.82) is 0 Å². The number of nitrogens with two attached hydrogens (primary N) is 1. The van der Waals surface area contributed by atoms with Crippen LogP contribution in [0.4, 0.5) is 10.5 Å². The second kappa shape index (κ2) is 6.78. The monoisotopic (exact) mass is 339 g/mol. The van der Waals surface area contributed by atoms with Crippen molar-refractivity contribution >= 4 is 33.2 Å². The lowest BCUT2D eigenvalue weighted by Gasteiger charge is -2.13. The van der Waals surface area contributed by atoms with Gasteiger partial charge in [-0.05, 0) is 42.0 Å². The van der Waals surface area contributed by atoms with Crippen molar-refractivity contribution < 1.29 is 14.1 Å². The number of carbonyl (C=O) groups excluding carboxylic acids is 1. The van der Waals surface area contributed by atoms with E-state index in [9.17, 15) is 9.00 Å². The van der Waals surface area contributed by atoms with Gasteiger partial charge in [0.15, 0.2) is 9.92 Å². The molecule has 116 valence electrons. The van der Waals surface area contributed by atoms with Gasteiger partial charge in [-0.3, -0.25) is 4.72 Å². The summed E-state index contributed by atoms with van der Waals surface area (Å²) in [6, 6.07) is 11.6. The predicted octanol–water partition coefficient (Wildman–Crippen LogP) is 2.77. The maximum atomic E-state index is 13.0. The third kappa shape index (κ3) is 3.97. The molecule has 0 aliphatic rings. The van der Waals surface area contributed by atoms with Crippen LogP contribution in [0.25, 0.3) is 0 Å². The third-order valence-corrected chi connectivity index (χ3v) is 4.86. The summed E-state index contributed by atoms with van der Waals surface area (Å²) in [6.07, 6.45) is 0. The van der Waals surface area contributed by atoms with Crippen molar-refractivity contribution in [2.75, 3.05) is 4.72 Å². The summed E-state index contributed by atoms with van der Waals surface area (Å²) in [5.74, 6) is 0. The highest BCUT2D eigenvalue weighted by Crippen LogP contribution is 2.20. The molecule has 0 radical (unpaired) electrons. The van der Waals surface area contributed by atoms with Gasteiger partial charge in [0.1, 0.15) is 0 Å². The first-order valence-electron chi connectivity index (χ1n) is 6.23. The molecule has 0 spiro atoms. The highest BCUT2D eigenvalue weighted by atomic mass is 35.5. The van der Waals surface area contributed by atoms with E-state index in [0.717, 1.165) is 0 Å². The largest absolute Gasteiger partial charge is 0.392 e. The molecular formula is C14H14ClN3O3S. The number of primary amides is 1. The van der Waals surface area contributed by atoms with Gasteiger partial charge in [-0.15, -0.1) is 4.36 Å². The number of benzene rings is 2. The number of aliphatic hydroxyl groups excluding tert-OH is 1. The number of urea groups is 1. The fourth-order valence-electron chi connectivity index (χ4n) is 1.72. The van der Waals surface area contributed by atoms with Crippen molar-refractivity contribution in [3.8, 4) is 0 Å². The summed E-state index contributed by atoms with van der Waals surface area (Å²) >= 11 is 5.80. The predicted molar refractivity (Wildman–Crippen MR) is 85.9 cm³/mol. The molecule has 6 nitrogen and oxygen atoms in total. The SMILES string of the molecule is NC(=O)N=S(=O)(Nc1ccc(Cl)cc1)c1ccc(CO)cc1. The van der Waals surface area contributed by atoms with Crippen LogP contribution >= 0.6 is 11.6 Å². The van der Waals surface area contributed by atoms with Crippen LogP contribution in [0, 0.1) is 0 Å². The zero-order chi connectivity index (χ0) is 16.2. The minimum absolute atomic E-state index is 0.140. The van der Waals surface area contributed by atoms with E-state index < -0.39 is 15.9 Å². The van der Waals surface area contributed by atoms with E-state index in [1.54, 1.807) is 36.4 Å². The molecule has 1 atom stereocenters. The smallest absolute Gasteiger partial charge is 0.348 e. The van der Waals surface area contributed by atoms with Gasteiger partial charge in [0.2, 0.25) is 0 Å². The van der Waals surface area contributed by atoms with Crippen molar-refractivity contribution in [3.63, 3.8) is 0 Å². The van der Waals surface area contributed by atoms with Crippen LogP contribution in [0.5, 0.6) is 0 Å². The number of nitrogens with zero attached hydrogens (tertiary/aromatic N) is 1. The molecule has 0 aliphatic carbocycles. The molecule has 0 aliphatic heterocycles. The molecular weight excluding hydrogens is 326 g/mol. The Balaban J connectivity index is 2.45. The number of hydrogen-bond acceptors (Lipinski definition) is 3. The minimum Gasteiger partial charge on any atom is -0.392 e. The van der Waals surface area contributed by atoms with Gasteiger partial charge in [0, 0.05) is 10.7 Å². The second-order valence-corrected chi connectivity index (χ2v) is 6.71. The lowest BCUT2D eigenvalue weighted by molar-refractivity contribution is 0.257. The normalized spacial score (nSPS) is 13.2. The number of amides is 2. The number of halogens is 1. The average Bonchev–Trinajstić information content (AvgIpc) is 2.49. The Morgan fingerprint density at radius 1 is 1.18 bits per heavy atom. The van der Waals surface area contributed by atoms with Crippen molar-refractivity contribution in [2.24, 2.45) is 10.1 Å². The van der Waals surface area contributed by atoms with Crippen LogP contribution in [0.2, 0.25) is 5.02 Å². The molecule has 2 aromatic carbocycles. The molecule has 0 aromatic heterocycles. The van der Waals surface area contributed by atoms with Crippen LogP contribution < -0.4 is 10.5 Å². The summed E-state index contributed by atoms with van der Waals surface area (Å²) in [5, 5.41) is 9.57. The van der Waals surface area contributed by atoms with E-state index >= 15 is 0 Å². The van der Waals surface area contributed by atoms with E-state index in [1.807, 2.05) is 0 Å². The Bertz CT molecular complexity index is 782. The zero-order valence-electron chi connectivity index (χ0n) is 11.4. The van der Waals surface area contributed by atoms with Crippen molar-refractivity contribution in [1.82, 2.24) is 0 Å². The van der Waals surface area contributed by atoms with Crippen molar-refractivity contribution in [2.45, 2.75) is 11.5 Å². The molecule has 0 saturated heterocycles. The third-order valence-electron chi connectivity index (χ3n) is 2.74.